The number of benzene rings is 1. The van der Waals surface area contributed by atoms with E-state index in [1.54, 1.807) is 38.1 Å². The molecule has 1 aliphatic heterocycles. The Morgan fingerprint density at radius 1 is 1.41 bits per heavy atom. The molecule has 9 heteroatoms. The van der Waals surface area contributed by atoms with Crippen LogP contribution in [0, 0.1) is 11.8 Å². The number of ether oxygens (including phenoxy) is 2. The number of carbonyl (C=O) groups excluding carboxylic acids is 2. The van der Waals surface area contributed by atoms with E-state index in [1.165, 1.54) is 11.8 Å². The average Bonchev–Trinajstić information content (AvgIpc) is 2.99. The number of hydrogen-bond donors (Lipinski definition) is 1. The third-order valence-corrected chi connectivity index (χ3v) is 6.59. The summed E-state index contributed by atoms with van der Waals surface area (Å²) in [5.41, 5.74) is 1.23. The van der Waals surface area contributed by atoms with Crippen molar-refractivity contribution >= 4 is 27.6 Å². The lowest BCUT2D eigenvalue weighted by Crippen LogP contribution is -2.47. The van der Waals surface area contributed by atoms with E-state index >= 15 is 0 Å². The van der Waals surface area contributed by atoms with Gasteiger partial charge in [-0.25, -0.2) is 13.2 Å². The van der Waals surface area contributed by atoms with Crippen LogP contribution in [0.4, 0.5) is 10.5 Å². The van der Waals surface area contributed by atoms with Gasteiger partial charge in [0.15, 0.2) is 14.6 Å². The van der Waals surface area contributed by atoms with Gasteiger partial charge in [0.1, 0.15) is 12.2 Å². The third kappa shape index (κ3) is 5.28. The molecule has 1 saturated heterocycles. The van der Waals surface area contributed by atoms with Gasteiger partial charge in [0.2, 0.25) is 0 Å². The molecule has 0 spiro atoms. The molecule has 0 aromatic heterocycles. The van der Waals surface area contributed by atoms with Crippen LogP contribution in [-0.2, 0) is 24.1 Å². The van der Waals surface area contributed by atoms with E-state index < -0.39 is 38.9 Å². The van der Waals surface area contributed by atoms with Crippen molar-refractivity contribution in [2.75, 3.05) is 24.3 Å². The highest BCUT2D eigenvalue weighted by Crippen LogP contribution is 2.30. The average molecular weight is 423 g/mol. The summed E-state index contributed by atoms with van der Waals surface area (Å²) in [4.78, 5) is 26.0. The zero-order chi connectivity index (χ0) is 21.8. The van der Waals surface area contributed by atoms with E-state index in [4.69, 9.17) is 9.47 Å². The Morgan fingerprint density at radius 3 is 2.55 bits per heavy atom. The molecule has 29 heavy (non-hydrogen) atoms. The zero-order valence-corrected chi connectivity index (χ0v) is 17.7. The number of sulfone groups is 1. The van der Waals surface area contributed by atoms with Gasteiger partial charge >= 0.3 is 12.1 Å². The Labute approximate surface area is 170 Å². The third-order valence-electron chi connectivity index (χ3n) is 4.62. The highest BCUT2D eigenvalue weighted by Gasteiger charge is 2.49. The largest absolute Gasteiger partial charge is 0.465 e. The molecule has 1 heterocycles. The van der Waals surface area contributed by atoms with Crippen LogP contribution < -0.4 is 4.90 Å². The van der Waals surface area contributed by atoms with Crippen LogP contribution in [0.2, 0.25) is 0 Å². The number of aliphatic hydroxyl groups excluding tert-OH is 1. The summed E-state index contributed by atoms with van der Waals surface area (Å²) >= 11 is 0. The molecule has 0 bridgehead atoms. The maximum Gasteiger partial charge on any atom is 0.414 e. The second-order valence-electron chi connectivity index (χ2n) is 7.04. The number of amides is 1. The molecule has 1 amide bonds. The van der Waals surface area contributed by atoms with Crippen molar-refractivity contribution in [1.29, 1.82) is 0 Å². The molecule has 1 N–H and O–H groups in total. The van der Waals surface area contributed by atoms with Crippen molar-refractivity contribution in [3.8, 4) is 11.8 Å². The van der Waals surface area contributed by atoms with Crippen molar-refractivity contribution in [2.24, 2.45) is 0 Å². The molecule has 158 valence electrons. The van der Waals surface area contributed by atoms with Gasteiger partial charge in [0.25, 0.3) is 0 Å². The number of aliphatic hydroxyl groups is 1. The number of cyclic esters (lactones) is 1. The minimum Gasteiger partial charge on any atom is -0.465 e. The van der Waals surface area contributed by atoms with Gasteiger partial charge in [-0.1, -0.05) is 11.8 Å². The van der Waals surface area contributed by atoms with Crippen LogP contribution in [-0.4, -0.2) is 61.9 Å². The number of nitrogens with zero attached hydrogens (tertiary/aromatic N) is 1. The van der Waals surface area contributed by atoms with Crippen molar-refractivity contribution < 1.29 is 32.6 Å². The van der Waals surface area contributed by atoms with E-state index in [2.05, 4.69) is 11.8 Å². The van der Waals surface area contributed by atoms with Gasteiger partial charge in [-0.05, 0) is 45.0 Å². The van der Waals surface area contributed by atoms with Crippen molar-refractivity contribution in [1.82, 2.24) is 0 Å². The number of anilines is 1. The normalized spacial score (nSPS) is 19.6. The van der Waals surface area contributed by atoms with Crippen molar-refractivity contribution in [2.45, 2.75) is 44.1 Å². The van der Waals surface area contributed by atoms with Crippen LogP contribution in [0.3, 0.4) is 0 Å². The quantitative estimate of drug-likeness (QED) is 0.545. The smallest absolute Gasteiger partial charge is 0.414 e. The molecule has 8 nitrogen and oxygen atoms in total. The fourth-order valence-corrected chi connectivity index (χ4v) is 3.71. The Kier molecular flexibility index (Phi) is 6.93. The van der Waals surface area contributed by atoms with E-state index in [0.29, 0.717) is 11.3 Å². The summed E-state index contributed by atoms with van der Waals surface area (Å²) in [7, 11) is -3.81. The molecular formula is C20H25NO7S. The molecule has 0 radical (unpaired) electrons. The first-order valence-corrected chi connectivity index (χ1v) is 11.0. The fourth-order valence-electron chi connectivity index (χ4n) is 2.86. The van der Waals surface area contributed by atoms with Crippen molar-refractivity contribution in [3.63, 3.8) is 0 Å². The first-order valence-electron chi connectivity index (χ1n) is 9.12. The van der Waals surface area contributed by atoms with Gasteiger partial charge in [-0.15, -0.1) is 0 Å². The molecule has 2 unspecified atom stereocenters. The molecular weight excluding hydrogens is 398 g/mol. The van der Waals surface area contributed by atoms with Crippen LogP contribution >= 0.6 is 0 Å². The van der Waals surface area contributed by atoms with Crippen LogP contribution in [0.15, 0.2) is 24.3 Å². The predicted molar refractivity (Wildman–Crippen MR) is 107 cm³/mol. The SMILES string of the molecule is CCOC(=O)C(C)(C[C@H]1CN(c2ccc(C#CC(C)O)cc2)C(=O)O1)S(C)(=O)=O. The highest BCUT2D eigenvalue weighted by molar-refractivity contribution is 7.92. The zero-order valence-electron chi connectivity index (χ0n) is 16.8. The first kappa shape index (κ1) is 22.7. The monoisotopic (exact) mass is 423 g/mol. The van der Waals surface area contributed by atoms with E-state index in [0.717, 1.165) is 6.26 Å². The van der Waals surface area contributed by atoms with Gasteiger partial charge in [0, 0.05) is 23.9 Å². The van der Waals surface area contributed by atoms with Gasteiger partial charge in [-0.3, -0.25) is 9.69 Å². The number of hydrogen-bond acceptors (Lipinski definition) is 7. The summed E-state index contributed by atoms with van der Waals surface area (Å²) in [5, 5.41) is 9.21. The fraction of sp³-hybridized carbons (Fsp3) is 0.500. The Hall–Kier alpha value is -2.57. The summed E-state index contributed by atoms with van der Waals surface area (Å²) < 4.78 is 32.9. The van der Waals surface area contributed by atoms with Crippen LogP contribution in [0.1, 0.15) is 32.8 Å². The van der Waals surface area contributed by atoms with Crippen LogP contribution in [0.25, 0.3) is 0 Å². The Morgan fingerprint density at radius 2 is 2.03 bits per heavy atom. The summed E-state index contributed by atoms with van der Waals surface area (Å²) in [6.07, 6.45) is -1.40. The summed E-state index contributed by atoms with van der Waals surface area (Å²) in [6, 6.07) is 6.75. The maximum atomic E-state index is 12.3. The highest BCUT2D eigenvalue weighted by atomic mass is 32.2. The lowest BCUT2D eigenvalue weighted by atomic mass is 10.0. The molecule has 2 rings (SSSR count). The number of rotatable bonds is 6. The predicted octanol–water partition coefficient (Wildman–Crippen LogP) is 1.50. The molecule has 3 atom stereocenters. The van der Waals surface area contributed by atoms with E-state index in [9.17, 15) is 23.1 Å². The Bertz CT molecular complexity index is 928. The van der Waals surface area contributed by atoms with Crippen LogP contribution in [0.5, 0.6) is 0 Å². The second kappa shape index (κ2) is 8.84. The standard InChI is InChI=1S/C20H25NO7S/c1-5-27-18(23)20(3,29(4,25)26)12-17-13-21(19(24)28-17)16-10-8-15(9-11-16)7-6-14(2)22/h8-11,14,17,22H,5,12-13H2,1-4H3/t14?,17-,20?/m0/s1. The molecule has 0 aliphatic carbocycles. The topological polar surface area (TPSA) is 110 Å². The lowest BCUT2D eigenvalue weighted by molar-refractivity contribution is -0.146. The Balaban J connectivity index is 2.17. The van der Waals surface area contributed by atoms with Gasteiger partial charge in [-0.2, -0.15) is 0 Å². The number of esters is 1. The minimum atomic E-state index is -3.81. The maximum absolute atomic E-state index is 12.3. The van der Waals surface area contributed by atoms with Crippen molar-refractivity contribution in [3.05, 3.63) is 29.8 Å². The minimum absolute atomic E-state index is 0.0465. The summed E-state index contributed by atoms with van der Waals surface area (Å²) in [6.45, 7) is 4.58. The number of carbonyl (C=O) groups is 2. The molecule has 1 aromatic rings. The first-order chi connectivity index (χ1) is 13.5. The van der Waals surface area contributed by atoms with E-state index in [1.807, 2.05) is 0 Å². The second-order valence-corrected chi connectivity index (χ2v) is 9.48. The lowest BCUT2D eigenvalue weighted by Gasteiger charge is -2.27. The van der Waals surface area contributed by atoms with Gasteiger partial charge in [0.05, 0.1) is 13.2 Å². The van der Waals surface area contributed by atoms with Gasteiger partial charge < -0.3 is 14.6 Å². The summed E-state index contributed by atoms with van der Waals surface area (Å²) in [5.74, 6) is 4.57. The molecule has 1 fully saturated rings. The molecule has 1 aliphatic rings. The molecule has 1 aromatic carbocycles. The van der Waals surface area contributed by atoms with E-state index in [-0.39, 0.29) is 19.6 Å². The molecule has 0 saturated carbocycles.